The van der Waals surface area contributed by atoms with Gasteiger partial charge in [0.15, 0.2) is 18.1 Å². The second kappa shape index (κ2) is 7.92. The number of fused-ring (bicyclic) bond motifs is 1. The van der Waals surface area contributed by atoms with Crippen molar-refractivity contribution in [1.29, 1.82) is 0 Å². The number of para-hydroxylation sites is 1. The van der Waals surface area contributed by atoms with Crippen LogP contribution >= 0.6 is 0 Å². The molecule has 0 bridgehead atoms. The van der Waals surface area contributed by atoms with Gasteiger partial charge < -0.3 is 14.8 Å². The van der Waals surface area contributed by atoms with Crippen molar-refractivity contribution >= 4 is 21.6 Å². The lowest BCUT2D eigenvalue weighted by Crippen LogP contribution is -2.27. The molecule has 4 rings (SSSR count). The highest BCUT2D eigenvalue weighted by Crippen LogP contribution is 2.41. The van der Waals surface area contributed by atoms with Gasteiger partial charge in [-0.25, -0.2) is 8.42 Å². The van der Waals surface area contributed by atoms with Crippen molar-refractivity contribution in [2.24, 2.45) is 0 Å². The molecule has 0 unspecified atom stereocenters. The van der Waals surface area contributed by atoms with Crippen molar-refractivity contribution in [3.63, 3.8) is 0 Å². The molecule has 2 heterocycles. The molecule has 1 amide bonds. The summed E-state index contributed by atoms with van der Waals surface area (Å²) >= 11 is 0. The molecule has 160 valence electrons. The third-order valence-corrected chi connectivity index (χ3v) is 7.17. The standard InChI is InChI=1S/C22H26N2O5S/c1-22(2)14-16-6-5-7-19(21(16)29-22)28-15-20(25)23-17-8-10-18(11-9-17)30(26,27)24-12-3-4-13-24/h5-11H,3-4,12-15H2,1-2H3,(H,23,25). The van der Waals surface area contributed by atoms with Crippen molar-refractivity contribution in [2.45, 2.75) is 43.6 Å². The van der Waals surface area contributed by atoms with Crippen molar-refractivity contribution in [1.82, 2.24) is 4.31 Å². The fraction of sp³-hybridized carbons (Fsp3) is 0.409. The minimum atomic E-state index is -3.46. The zero-order valence-electron chi connectivity index (χ0n) is 17.2. The van der Waals surface area contributed by atoms with E-state index in [0.29, 0.717) is 30.3 Å². The maximum absolute atomic E-state index is 12.6. The molecule has 1 N–H and O–H groups in total. The summed E-state index contributed by atoms with van der Waals surface area (Å²) in [4.78, 5) is 12.5. The first-order chi connectivity index (χ1) is 14.2. The Morgan fingerprint density at radius 2 is 1.83 bits per heavy atom. The Balaban J connectivity index is 1.36. The number of carbonyl (C=O) groups is 1. The van der Waals surface area contributed by atoms with Crippen LogP contribution in [0.15, 0.2) is 47.4 Å². The predicted molar refractivity (Wildman–Crippen MR) is 113 cm³/mol. The fourth-order valence-corrected chi connectivity index (χ4v) is 5.35. The van der Waals surface area contributed by atoms with E-state index in [-0.39, 0.29) is 23.0 Å². The molecule has 2 aromatic carbocycles. The molecule has 1 fully saturated rings. The molecule has 7 nitrogen and oxygen atoms in total. The highest BCUT2D eigenvalue weighted by molar-refractivity contribution is 7.89. The van der Waals surface area contributed by atoms with Gasteiger partial charge in [-0.1, -0.05) is 12.1 Å². The number of rotatable bonds is 6. The van der Waals surface area contributed by atoms with Crippen LogP contribution < -0.4 is 14.8 Å². The fourth-order valence-electron chi connectivity index (χ4n) is 3.83. The lowest BCUT2D eigenvalue weighted by atomic mass is 10.0. The van der Waals surface area contributed by atoms with Gasteiger partial charge in [-0.15, -0.1) is 0 Å². The minimum absolute atomic E-state index is 0.173. The summed E-state index contributed by atoms with van der Waals surface area (Å²) < 4.78 is 38.3. The quantitative estimate of drug-likeness (QED) is 0.761. The number of hydrogen-bond acceptors (Lipinski definition) is 5. The monoisotopic (exact) mass is 430 g/mol. The third-order valence-electron chi connectivity index (χ3n) is 5.25. The van der Waals surface area contributed by atoms with E-state index in [1.54, 1.807) is 18.2 Å². The van der Waals surface area contributed by atoms with Gasteiger partial charge in [0, 0.05) is 30.8 Å². The summed E-state index contributed by atoms with van der Waals surface area (Å²) in [5, 5.41) is 2.73. The molecule has 1 saturated heterocycles. The highest BCUT2D eigenvalue weighted by Gasteiger charge is 2.32. The number of benzene rings is 2. The molecular formula is C22H26N2O5S. The molecule has 2 aromatic rings. The largest absolute Gasteiger partial charge is 0.483 e. The molecular weight excluding hydrogens is 404 g/mol. The lowest BCUT2D eigenvalue weighted by molar-refractivity contribution is -0.118. The van der Waals surface area contributed by atoms with E-state index in [2.05, 4.69) is 5.32 Å². The Bertz CT molecular complexity index is 1040. The van der Waals surface area contributed by atoms with Gasteiger partial charge in [-0.3, -0.25) is 4.79 Å². The van der Waals surface area contributed by atoms with Crippen LogP contribution in [-0.4, -0.2) is 43.9 Å². The number of nitrogens with zero attached hydrogens (tertiary/aromatic N) is 1. The number of carbonyl (C=O) groups excluding carboxylic acids is 1. The van der Waals surface area contributed by atoms with E-state index in [0.717, 1.165) is 24.8 Å². The molecule has 2 aliphatic rings. The summed E-state index contributed by atoms with van der Waals surface area (Å²) in [6.45, 7) is 4.96. The first-order valence-corrected chi connectivity index (χ1v) is 11.5. The maximum atomic E-state index is 12.6. The molecule has 0 radical (unpaired) electrons. The SMILES string of the molecule is CC1(C)Cc2cccc(OCC(=O)Nc3ccc(S(=O)(=O)N4CCCC4)cc3)c2O1. The lowest BCUT2D eigenvalue weighted by Gasteiger charge is -2.18. The van der Waals surface area contributed by atoms with E-state index in [1.807, 2.05) is 26.0 Å². The van der Waals surface area contributed by atoms with Crippen LogP contribution in [0.1, 0.15) is 32.3 Å². The summed E-state index contributed by atoms with van der Waals surface area (Å²) in [6, 6.07) is 11.9. The molecule has 30 heavy (non-hydrogen) atoms. The van der Waals surface area contributed by atoms with E-state index in [1.165, 1.54) is 16.4 Å². The van der Waals surface area contributed by atoms with Crippen LogP contribution in [0.2, 0.25) is 0 Å². The number of sulfonamides is 1. The van der Waals surface area contributed by atoms with E-state index >= 15 is 0 Å². The number of hydrogen-bond donors (Lipinski definition) is 1. The molecule has 0 aliphatic carbocycles. The second-order valence-electron chi connectivity index (χ2n) is 8.26. The third kappa shape index (κ3) is 4.29. The first-order valence-electron chi connectivity index (χ1n) is 10.1. The van der Waals surface area contributed by atoms with Crippen LogP contribution in [0.5, 0.6) is 11.5 Å². The number of anilines is 1. The van der Waals surface area contributed by atoms with Crippen molar-refractivity contribution in [2.75, 3.05) is 25.0 Å². The number of amides is 1. The summed E-state index contributed by atoms with van der Waals surface area (Å²) in [5.74, 6) is 0.895. The predicted octanol–water partition coefficient (Wildman–Crippen LogP) is 3.20. The van der Waals surface area contributed by atoms with Crippen LogP contribution in [-0.2, 0) is 21.2 Å². The second-order valence-corrected chi connectivity index (χ2v) is 10.2. The topological polar surface area (TPSA) is 84.9 Å². The highest BCUT2D eigenvalue weighted by atomic mass is 32.2. The van der Waals surface area contributed by atoms with Gasteiger partial charge in [0.1, 0.15) is 5.60 Å². The minimum Gasteiger partial charge on any atom is -0.483 e. The molecule has 0 atom stereocenters. The van der Waals surface area contributed by atoms with Gasteiger partial charge >= 0.3 is 0 Å². The van der Waals surface area contributed by atoms with Crippen LogP contribution in [0.4, 0.5) is 5.69 Å². The Hall–Kier alpha value is -2.58. The maximum Gasteiger partial charge on any atom is 0.262 e. The molecule has 0 spiro atoms. The molecule has 0 saturated carbocycles. The van der Waals surface area contributed by atoms with E-state index in [9.17, 15) is 13.2 Å². The number of nitrogens with one attached hydrogen (secondary N) is 1. The average molecular weight is 431 g/mol. The van der Waals surface area contributed by atoms with Crippen molar-refractivity contribution in [3.8, 4) is 11.5 Å². The summed E-state index contributed by atoms with van der Waals surface area (Å²) in [5.41, 5.74) is 1.29. The normalized spacial score (nSPS) is 17.9. The Labute approximate surface area is 177 Å². The van der Waals surface area contributed by atoms with E-state index < -0.39 is 10.0 Å². The summed E-state index contributed by atoms with van der Waals surface area (Å²) in [6.07, 6.45) is 2.57. The first kappa shape index (κ1) is 20.7. The smallest absolute Gasteiger partial charge is 0.262 e. The Kier molecular flexibility index (Phi) is 5.46. The Morgan fingerprint density at radius 3 is 2.53 bits per heavy atom. The van der Waals surface area contributed by atoms with Gasteiger partial charge in [-0.05, 0) is 57.0 Å². The zero-order valence-corrected chi connectivity index (χ0v) is 18.0. The number of ether oxygens (including phenoxy) is 2. The zero-order chi connectivity index (χ0) is 21.4. The average Bonchev–Trinajstić information content (AvgIpc) is 3.34. The van der Waals surface area contributed by atoms with Crippen LogP contribution in [0.25, 0.3) is 0 Å². The van der Waals surface area contributed by atoms with E-state index in [4.69, 9.17) is 9.47 Å². The van der Waals surface area contributed by atoms with Gasteiger partial charge in [0.25, 0.3) is 5.91 Å². The summed E-state index contributed by atoms with van der Waals surface area (Å²) in [7, 11) is -3.46. The Morgan fingerprint density at radius 1 is 1.13 bits per heavy atom. The molecule has 8 heteroatoms. The van der Waals surface area contributed by atoms with Crippen molar-refractivity contribution < 1.29 is 22.7 Å². The molecule has 0 aromatic heterocycles. The van der Waals surface area contributed by atoms with Gasteiger partial charge in [0.2, 0.25) is 10.0 Å². The van der Waals surface area contributed by atoms with Gasteiger partial charge in [-0.2, -0.15) is 4.31 Å². The van der Waals surface area contributed by atoms with Crippen molar-refractivity contribution in [3.05, 3.63) is 48.0 Å². The van der Waals surface area contributed by atoms with Crippen LogP contribution in [0, 0.1) is 0 Å². The molecule has 2 aliphatic heterocycles. The van der Waals surface area contributed by atoms with Crippen LogP contribution in [0.3, 0.4) is 0 Å². The van der Waals surface area contributed by atoms with Gasteiger partial charge in [0.05, 0.1) is 4.90 Å².